The molecule has 2 aromatic carbocycles. The van der Waals surface area contributed by atoms with Gasteiger partial charge < -0.3 is 9.47 Å². The maximum absolute atomic E-state index is 12.2. The van der Waals surface area contributed by atoms with E-state index in [4.69, 9.17) is 14.3 Å². The summed E-state index contributed by atoms with van der Waals surface area (Å²) in [4.78, 5) is 17.6. The minimum atomic E-state index is -1.70. The Morgan fingerprint density at radius 1 is 1.24 bits per heavy atom. The highest BCUT2D eigenvalue weighted by Gasteiger charge is 2.68. The quantitative estimate of drug-likeness (QED) is 0.631. The van der Waals surface area contributed by atoms with Crippen LogP contribution in [0.15, 0.2) is 48.5 Å². The predicted octanol–water partition coefficient (Wildman–Crippen LogP) is 2.76. The first-order valence-corrected chi connectivity index (χ1v) is 8.00. The van der Waals surface area contributed by atoms with Crippen molar-refractivity contribution < 1.29 is 19.2 Å². The van der Waals surface area contributed by atoms with E-state index in [1.54, 1.807) is 38.4 Å². The molecule has 0 N–H and O–H groups in total. The number of benzene rings is 2. The Bertz CT molecular complexity index is 809. The molecule has 7 heteroatoms. The zero-order valence-electron chi connectivity index (χ0n) is 13.9. The van der Waals surface area contributed by atoms with E-state index >= 15 is 0 Å². The van der Waals surface area contributed by atoms with Crippen molar-refractivity contribution >= 4 is 0 Å². The molecule has 0 unspecified atom stereocenters. The van der Waals surface area contributed by atoms with Crippen molar-refractivity contribution in [3.8, 4) is 11.5 Å². The fraction of sp³-hybridized carbons (Fsp3) is 0.333. The molecule has 0 aliphatic carbocycles. The highest BCUT2D eigenvalue weighted by molar-refractivity contribution is 5.43. The van der Waals surface area contributed by atoms with Gasteiger partial charge in [0.25, 0.3) is 0 Å². The van der Waals surface area contributed by atoms with Crippen LogP contribution < -0.4 is 9.47 Å². The largest absolute Gasteiger partial charge is 0.497 e. The Morgan fingerprint density at radius 3 is 2.64 bits per heavy atom. The van der Waals surface area contributed by atoms with Gasteiger partial charge in [-0.25, -0.2) is 4.84 Å². The van der Waals surface area contributed by atoms with Gasteiger partial charge in [-0.15, -0.1) is 0 Å². The van der Waals surface area contributed by atoms with Crippen LogP contribution in [0.3, 0.4) is 0 Å². The molecule has 7 nitrogen and oxygen atoms in total. The Morgan fingerprint density at radius 2 is 1.96 bits per heavy atom. The van der Waals surface area contributed by atoms with Crippen LogP contribution >= 0.6 is 0 Å². The molecule has 3 atom stereocenters. The normalized spacial score (nSPS) is 27.9. The van der Waals surface area contributed by atoms with Gasteiger partial charge >= 0.3 is 5.72 Å². The van der Waals surface area contributed by atoms with Crippen molar-refractivity contribution in [1.82, 2.24) is 5.06 Å². The van der Waals surface area contributed by atoms with Crippen molar-refractivity contribution in [2.24, 2.45) is 0 Å². The zero-order valence-corrected chi connectivity index (χ0v) is 13.9. The van der Waals surface area contributed by atoms with E-state index in [1.165, 1.54) is 5.06 Å². The number of hydrogen-bond acceptors (Lipinski definition) is 6. The molecule has 0 bridgehead atoms. The number of nitro groups is 1. The number of nitrogens with zero attached hydrogens (tertiary/aromatic N) is 2. The van der Waals surface area contributed by atoms with E-state index < -0.39 is 17.7 Å². The van der Waals surface area contributed by atoms with Crippen molar-refractivity contribution in [3.05, 3.63) is 69.8 Å². The molecule has 0 spiro atoms. The summed E-state index contributed by atoms with van der Waals surface area (Å²) in [5.41, 5.74) is -0.224. The molecule has 4 rings (SSSR count). The second-order valence-electron chi connectivity index (χ2n) is 6.27. The summed E-state index contributed by atoms with van der Waals surface area (Å²) in [5, 5.41) is 13.7. The minimum Gasteiger partial charge on any atom is -0.497 e. The van der Waals surface area contributed by atoms with Gasteiger partial charge in [0.15, 0.2) is 0 Å². The second-order valence-corrected chi connectivity index (χ2v) is 6.27. The van der Waals surface area contributed by atoms with Gasteiger partial charge in [0.1, 0.15) is 17.4 Å². The lowest BCUT2D eigenvalue weighted by Crippen LogP contribution is -2.53. The van der Waals surface area contributed by atoms with Crippen LogP contribution in [0.1, 0.15) is 23.1 Å². The molecule has 2 aromatic rings. The smallest absolute Gasteiger partial charge is 0.389 e. The lowest BCUT2D eigenvalue weighted by molar-refractivity contribution is -0.655. The Kier molecular flexibility index (Phi) is 3.63. The Balaban J connectivity index is 1.88. The molecule has 2 aliphatic heterocycles. The molecule has 1 fully saturated rings. The highest BCUT2D eigenvalue weighted by Crippen LogP contribution is 2.54. The van der Waals surface area contributed by atoms with Crippen LogP contribution in [0.4, 0.5) is 0 Å². The lowest BCUT2D eigenvalue weighted by Gasteiger charge is -2.37. The first kappa shape index (κ1) is 15.9. The molecule has 25 heavy (non-hydrogen) atoms. The molecular formula is C18H18N2O5. The van der Waals surface area contributed by atoms with Gasteiger partial charge in [0.2, 0.25) is 6.10 Å². The van der Waals surface area contributed by atoms with Crippen molar-refractivity contribution in [1.29, 1.82) is 0 Å². The van der Waals surface area contributed by atoms with Crippen molar-refractivity contribution in [3.63, 3.8) is 0 Å². The maximum Gasteiger partial charge on any atom is 0.389 e. The van der Waals surface area contributed by atoms with E-state index in [0.29, 0.717) is 23.6 Å². The average molecular weight is 342 g/mol. The van der Waals surface area contributed by atoms with Gasteiger partial charge in [-0.1, -0.05) is 30.3 Å². The number of ether oxygens (including phenoxy) is 2. The maximum atomic E-state index is 12.2. The van der Waals surface area contributed by atoms with Crippen molar-refractivity contribution in [2.75, 3.05) is 20.7 Å². The fourth-order valence-corrected chi connectivity index (χ4v) is 3.72. The van der Waals surface area contributed by atoms with Crippen LogP contribution in [0.2, 0.25) is 0 Å². The molecule has 2 aliphatic rings. The molecule has 0 radical (unpaired) electrons. The van der Waals surface area contributed by atoms with Gasteiger partial charge in [-0.3, -0.25) is 10.1 Å². The van der Waals surface area contributed by atoms with E-state index in [0.717, 1.165) is 5.56 Å². The third-order valence-electron chi connectivity index (χ3n) is 4.86. The number of methoxy groups -OCH3 is 1. The summed E-state index contributed by atoms with van der Waals surface area (Å²) in [5.74, 6) is 0.908. The number of rotatable bonds is 3. The van der Waals surface area contributed by atoms with Gasteiger partial charge in [0.05, 0.1) is 12.0 Å². The molecule has 0 aromatic heterocycles. The molecular weight excluding hydrogens is 324 g/mol. The zero-order chi connectivity index (χ0) is 17.6. The van der Waals surface area contributed by atoms with Crippen LogP contribution in [-0.2, 0) is 4.84 Å². The lowest BCUT2D eigenvalue weighted by atomic mass is 9.80. The van der Waals surface area contributed by atoms with Crippen LogP contribution in [0.5, 0.6) is 11.5 Å². The SMILES string of the molecule is COc1ccc([C@@H]2Oc3ccccc3[C@@H]3CN(C)O[C@@]32[N+](=O)[O-])cc1. The second kappa shape index (κ2) is 5.72. The summed E-state index contributed by atoms with van der Waals surface area (Å²) in [7, 11) is 3.28. The summed E-state index contributed by atoms with van der Waals surface area (Å²) in [6.07, 6.45) is -0.863. The Labute approximate surface area is 144 Å². The molecule has 1 saturated heterocycles. The molecule has 130 valence electrons. The third-order valence-corrected chi connectivity index (χ3v) is 4.86. The Hall–Kier alpha value is -2.64. The highest BCUT2D eigenvalue weighted by atomic mass is 16.8. The molecule has 0 amide bonds. The summed E-state index contributed by atoms with van der Waals surface area (Å²) >= 11 is 0. The number of hydrogen-bond donors (Lipinski definition) is 0. The summed E-state index contributed by atoms with van der Waals surface area (Å²) in [6, 6.07) is 14.5. The summed E-state index contributed by atoms with van der Waals surface area (Å²) < 4.78 is 11.3. The number of hydroxylamine groups is 2. The van der Waals surface area contributed by atoms with Gasteiger partial charge in [0, 0.05) is 24.7 Å². The number of fused-ring (bicyclic) bond motifs is 3. The van der Waals surface area contributed by atoms with Crippen LogP contribution in [0.25, 0.3) is 0 Å². The number of para-hydroxylation sites is 1. The summed E-state index contributed by atoms with van der Waals surface area (Å²) in [6.45, 7) is 0.425. The first-order valence-electron chi connectivity index (χ1n) is 8.00. The van der Waals surface area contributed by atoms with E-state index in [1.807, 2.05) is 24.3 Å². The van der Waals surface area contributed by atoms with E-state index in [9.17, 15) is 10.1 Å². The predicted molar refractivity (Wildman–Crippen MR) is 89.0 cm³/mol. The van der Waals surface area contributed by atoms with Gasteiger partial charge in [-0.2, -0.15) is 5.06 Å². The fourth-order valence-electron chi connectivity index (χ4n) is 3.72. The van der Waals surface area contributed by atoms with Crippen molar-refractivity contribution in [2.45, 2.75) is 17.7 Å². The minimum absolute atomic E-state index is 0.355. The monoisotopic (exact) mass is 342 g/mol. The molecule has 2 heterocycles. The molecule has 0 saturated carbocycles. The number of likely N-dealkylation sites (N-methyl/N-ethyl adjacent to an activating group) is 1. The topological polar surface area (TPSA) is 74.1 Å². The van der Waals surface area contributed by atoms with Crippen LogP contribution in [0, 0.1) is 10.1 Å². The first-order chi connectivity index (χ1) is 12.1. The van der Waals surface area contributed by atoms with Crippen LogP contribution in [-0.4, -0.2) is 36.4 Å². The third kappa shape index (κ3) is 2.27. The van der Waals surface area contributed by atoms with E-state index in [2.05, 4.69) is 0 Å². The standard InChI is InChI=1S/C18H18N2O5/c1-19-11-15-14-5-3-4-6-16(14)24-17(18(15,25-19)20(21)22)12-7-9-13(23-2)10-8-12/h3-10,15,17H,11H2,1-2H3/t15-,17-,18-/m0/s1. The average Bonchev–Trinajstić information content (AvgIpc) is 3.00. The van der Waals surface area contributed by atoms with E-state index in [-0.39, 0.29) is 4.92 Å². The van der Waals surface area contributed by atoms with Gasteiger partial charge in [-0.05, 0) is 18.2 Å².